The van der Waals surface area contributed by atoms with Gasteiger partial charge in [-0.05, 0) is 35.6 Å². The molecule has 3 N–H and O–H groups in total. The molecule has 0 saturated carbocycles. The number of benzene rings is 1. The van der Waals surface area contributed by atoms with Crippen LogP contribution in [0.1, 0.15) is 50.6 Å². The molecular weight excluding hydrogens is 470 g/mol. The van der Waals surface area contributed by atoms with Crippen molar-refractivity contribution >= 4 is 29.9 Å². The quantitative estimate of drug-likeness (QED) is 0.320. The summed E-state index contributed by atoms with van der Waals surface area (Å²) in [5, 5.41) is 16.6. The van der Waals surface area contributed by atoms with E-state index in [2.05, 4.69) is 41.4 Å². The fourth-order valence-corrected chi connectivity index (χ4v) is 2.55. The number of guanidine groups is 1. The number of hydrogen-bond acceptors (Lipinski definition) is 3. The fourth-order valence-electron chi connectivity index (χ4n) is 2.55. The number of aliphatic hydroxyl groups excluding tert-OH is 1. The number of nitrogens with one attached hydrogen (secondary N) is 2. The summed E-state index contributed by atoms with van der Waals surface area (Å²) in [6, 6.07) is 10.9. The molecule has 154 valence electrons. The molecule has 0 fully saturated rings. The molecule has 5 nitrogen and oxygen atoms in total. The maximum absolute atomic E-state index is 13.7. The largest absolute Gasteiger partial charge is 0.387 e. The third-order valence-electron chi connectivity index (χ3n) is 4.19. The van der Waals surface area contributed by atoms with Gasteiger partial charge in [-0.15, -0.1) is 24.0 Å². The average Bonchev–Trinajstić information content (AvgIpc) is 2.64. The summed E-state index contributed by atoms with van der Waals surface area (Å²) < 4.78 is 13.7. The number of aliphatic hydroxyl groups is 1. The highest BCUT2D eigenvalue weighted by Gasteiger charge is 2.15. The molecule has 0 aliphatic heterocycles. The Morgan fingerprint density at radius 2 is 1.86 bits per heavy atom. The molecule has 1 unspecified atom stereocenters. The summed E-state index contributed by atoms with van der Waals surface area (Å²) in [6.45, 7) is 9.49. The molecule has 1 aromatic heterocycles. The molecule has 0 spiro atoms. The second-order valence-corrected chi connectivity index (χ2v) is 7.40. The van der Waals surface area contributed by atoms with Gasteiger partial charge in [-0.3, -0.25) is 4.98 Å². The number of hydrogen-bond donors (Lipinski definition) is 3. The van der Waals surface area contributed by atoms with Crippen molar-refractivity contribution in [3.63, 3.8) is 0 Å². The van der Waals surface area contributed by atoms with Gasteiger partial charge in [0.1, 0.15) is 5.82 Å². The average molecular weight is 500 g/mol. The van der Waals surface area contributed by atoms with Gasteiger partial charge in [-0.2, -0.15) is 0 Å². The molecule has 0 aliphatic carbocycles. The van der Waals surface area contributed by atoms with Crippen molar-refractivity contribution in [1.29, 1.82) is 0 Å². The maximum atomic E-state index is 13.7. The highest BCUT2D eigenvalue weighted by atomic mass is 127. The zero-order valence-corrected chi connectivity index (χ0v) is 19.2. The minimum Gasteiger partial charge on any atom is -0.387 e. The molecule has 0 bridgehead atoms. The van der Waals surface area contributed by atoms with Crippen LogP contribution in [-0.4, -0.2) is 29.1 Å². The van der Waals surface area contributed by atoms with Crippen LogP contribution in [0.25, 0.3) is 0 Å². The van der Waals surface area contributed by atoms with Crippen molar-refractivity contribution in [1.82, 2.24) is 15.6 Å². The fraction of sp³-hybridized carbons (Fsp3) is 0.429. The van der Waals surface area contributed by atoms with Crippen LogP contribution in [0.4, 0.5) is 4.39 Å². The summed E-state index contributed by atoms with van der Waals surface area (Å²) in [5.41, 5.74) is 2.42. The summed E-state index contributed by atoms with van der Waals surface area (Å²) in [4.78, 5) is 8.33. The van der Waals surface area contributed by atoms with Crippen LogP contribution in [-0.2, 0) is 12.0 Å². The second-order valence-electron chi connectivity index (χ2n) is 7.40. The first-order valence-corrected chi connectivity index (χ1v) is 9.21. The molecular formula is C21H30FIN4O. The third kappa shape index (κ3) is 7.35. The summed E-state index contributed by atoms with van der Waals surface area (Å²) in [5.74, 6) is 0.129. The van der Waals surface area contributed by atoms with Crippen LogP contribution in [0.15, 0.2) is 47.6 Å². The summed E-state index contributed by atoms with van der Waals surface area (Å²) in [6.07, 6.45) is 0.869. The van der Waals surface area contributed by atoms with E-state index in [-0.39, 0.29) is 47.4 Å². The van der Waals surface area contributed by atoms with E-state index in [1.54, 1.807) is 12.3 Å². The molecule has 0 radical (unpaired) electrons. The van der Waals surface area contributed by atoms with Gasteiger partial charge in [0.15, 0.2) is 5.96 Å². The number of aromatic nitrogens is 1. The van der Waals surface area contributed by atoms with Gasteiger partial charge in [0.05, 0.1) is 18.3 Å². The Bertz CT molecular complexity index is 760. The van der Waals surface area contributed by atoms with Crippen LogP contribution < -0.4 is 10.6 Å². The Morgan fingerprint density at radius 1 is 1.18 bits per heavy atom. The van der Waals surface area contributed by atoms with E-state index < -0.39 is 6.10 Å². The molecule has 2 aromatic rings. The minimum atomic E-state index is -0.672. The molecule has 0 aliphatic rings. The first-order chi connectivity index (χ1) is 12.8. The number of halogens is 2. The Kier molecular flexibility index (Phi) is 9.81. The zero-order valence-electron chi connectivity index (χ0n) is 16.9. The molecule has 7 heteroatoms. The number of nitrogens with zero attached hydrogens (tertiary/aromatic N) is 2. The van der Waals surface area contributed by atoms with Crippen molar-refractivity contribution in [2.75, 3.05) is 13.1 Å². The number of rotatable bonds is 6. The second kappa shape index (κ2) is 11.3. The molecule has 2 rings (SSSR count). The predicted molar refractivity (Wildman–Crippen MR) is 123 cm³/mol. The van der Waals surface area contributed by atoms with Gasteiger partial charge in [-0.25, -0.2) is 9.38 Å². The van der Waals surface area contributed by atoms with Crippen molar-refractivity contribution < 1.29 is 9.50 Å². The van der Waals surface area contributed by atoms with E-state index in [0.717, 1.165) is 5.56 Å². The van der Waals surface area contributed by atoms with E-state index in [0.29, 0.717) is 19.0 Å². The lowest BCUT2D eigenvalue weighted by molar-refractivity contribution is 0.181. The molecule has 0 amide bonds. The van der Waals surface area contributed by atoms with Crippen molar-refractivity contribution in [2.45, 2.75) is 45.8 Å². The van der Waals surface area contributed by atoms with Crippen molar-refractivity contribution in [2.24, 2.45) is 4.99 Å². The van der Waals surface area contributed by atoms with Gasteiger partial charge in [0, 0.05) is 19.3 Å². The SMILES string of the molecule is CCNC(=NCc1ncccc1F)NCC(O)c1ccc(C(C)(C)C)cc1.I. The lowest BCUT2D eigenvalue weighted by atomic mass is 9.86. The van der Waals surface area contributed by atoms with Gasteiger partial charge in [0.2, 0.25) is 0 Å². The Hall–Kier alpha value is -1.74. The third-order valence-corrected chi connectivity index (χ3v) is 4.19. The van der Waals surface area contributed by atoms with E-state index in [4.69, 9.17) is 0 Å². The Balaban J connectivity index is 0.00000392. The van der Waals surface area contributed by atoms with Crippen LogP contribution in [0, 0.1) is 5.82 Å². The van der Waals surface area contributed by atoms with Crippen molar-refractivity contribution in [3.05, 3.63) is 65.2 Å². The zero-order chi connectivity index (χ0) is 19.9. The van der Waals surface area contributed by atoms with Crippen molar-refractivity contribution in [3.8, 4) is 0 Å². The monoisotopic (exact) mass is 500 g/mol. The number of aliphatic imine (C=N–C) groups is 1. The van der Waals surface area contributed by atoms with E-state index in [1.165, 1.54) is 11.6 Å². The van der Waals surface area contributed by atoms with E-state index in [9.17, 15) is 9.50 Å². The first-order valence-electron chi connectivity index (χ1n) is 9.21. The Morgan fingerprint density at radius 3 is 2.43 bits per heavy atom. The number of pyridine rings is 1. The predicted octanol–water partition coefficient (Wildman–Crippen LogP) is 3.92. The summed E-state index contributed by atoms with van der Waals surface area (Å²) >= 11 is 0. The summed E-state index contributed by atoms with van der Waals surface area (Å²) in [7, 11) is 0. The van der Waals surface area contributed by atoms with Crippen LogP contribution >= 0.6 is 24.0 Å². The highest BCUT2D eigenvalue weighted by Crippen LogP contribution is 2.23. The molecule has 1 aromatic carbocycles. The lowest BCUT2D eigenvalue weighted by Gasteiger charge is -2.20. The molecule has 1 atom stereocenters. The van der Waals surface area contributed by atoms with E-state index in [1.807, 2.05) is 31.2 Å². The molecule has 1 heterocycles. The normalized spacial score (nSPS) is 12.9. The standard InChI is InChI=1S/C21H29FN4O.HI/c1-5-23-20(25-13-18-17(22)7-6-12-24-18)26-14-19(27)15-8-10-16(11-9-15)21(2,3)4;/h6-12,19,27H,5,13-14H2,1-4H3,(H2,23,25,26);1H. The van der Waals surface area contributed by atoms with Crippen LogP contribution in [0.3, 0.4) is 0 Å². The van der Waals surface area contributed by atoms with Gasteiger partial charge < -0.3 is 15.7 Å². The molecule has 0 saturated heterocycles. The van der Waals surface area contributed by atoms with Crippen LogP contribution in [0.2, 0.25) is 0 Å². The topological polar surface area (TPSA) is 69.5 Å². The lowest BCUT2D eigenvalue weighted by Crippen LogP contribution is -2.39. The van der Waals surface area contributed by atoms with Gasteiger partial charge in [0.25, 0.3) is 0 Å². The van der Waals surface area contributed by atoms with E-state index >= 15 is 0 Å². The highest BCUT2D eigenvalue weighted by molar-refractivity contribution is 14.0. The van der Waals surface area contributed by atoms with Gasteiger partial charge >= 0.3 is 0 Å². The smallest absolute Gasteiger partial charge is 0.191 e. The van der Waals surface area contributed by atoms with Gasteiger partial charge in [-0.1, -0.05) is 45.0 Å². The maximum Gasteiger partial charge on any atom is 0.191 e. The molecule has 28 heavy (non-hydrogen) atoms. The Labute approximate surface area is 183 Å². The van der Waals surface area contributed by atoms with Crippen LogP contribution in [0.5, 0.6) is 0 Å². The minimum absolute atomic E-state index is 0. The first kappa shape index (κ1) is 24.3.